The largest absolute Gasteiger partial charge is 0.493 e. The minimum atomic E-state index is -0.980. The standard InChI is InChI=1S/C23H19N3O5S/c1-12-11-13(31-17-6-4-3-5-16(17)30-2)7-8-14(12)26-15-9-10-24-21-18(15)19(25-23(26)29)20(32-21)22(27)28/h3-11,19-20H,1-2H3,(H,25,29)(H,27,28). The highest BCUT2D eigenvalue weighted by Gasteiger charge is 2.46. The minimum absolute atomic E-state index is 0.380. The number of urea groups is 1. The van der Waals surface area contributed by atoms with E-state index in [4.69, 9.17) is 9.47 Å². The number of carbonyl (C=O) groups is 2. The Morgan fingerprint density at radius 2 is 1.94 bits per heavy atom. The molecule has 162 valence electrons. The molecule has 0 aliphatic carbocycles. The second-order valence-electron chi connectivity index (χ2n) is 7.39. The van der Waals surface area contributed by atoms with Crippen molar-refractivity contribution in [3.05, 3.63) is 65.9 Å². The Labute approximate surface area is 188 Å². The second kappa shape index (κ2) is 7.76. The molecule has 0 saturated heterocycles. The highest BCUT2D eigenvalue weighted by molar-refractivity contribution is 8.00. The number of hydrogen-bond donors (Lipinski definition) is 2. The molecule has 0 saturated carbocycles. The van der Waals surface area contributed by atoms with Crippen molar-refractivity contribution in [2.24, 2.45) is 0 Å². The lowest BCUT2D eigenvalue weighted by Crippen LogP contribution is -2.47. The van der Waals surface area contributed by atoms with E-state index in [-0.39, 0.29) is 6.03 Å². The van der Waals surface area contributed by atoms with Crippen LogP contribution in [0.5, 0.6) is 17.2 Å². The van der Waals surface area contributed by atoms with Gasteiger partial charge in [0.1, 0.15) is 16.0 Å². The van der Waals surface area contributed by atoms with E-state index >= 15 is 0 Å². The first-order valence-corrected chi connectivity index (χ1v) is 10.8. The summed E-state index contributed by atoms with van der Waals surface area (Å²) in [7, 11) is 1.58. The van der Waals surface area contributed by atoms with Crippen LogP contribution in [0, 0.1) is 6.92 Å². The number of anilines is 2. The van der Waals surface area contributed by atoms with Crippen molar-refractivity contribution in [2.45, 2.75) is 23.2 Å². The molecule has 3 heterocycles. The molecule has 1 aromatic heterocycles. The summed E-state index contributed by atoms with van der Waals surface area (Å²) in [5.41, 5.74) is 2.86. The van der Waals surface area contributed by atoms with Gasteiger partial charge in [0.25, 0.3) is 0 Å². The van der Waals surface area contributed by atoms with Gasteiger partial charge in [-0.3, -0.25) is 9.69 Å². The fourth-order valence-electron chi connectivity index (χ4n) is 4.02. The van der Waals surface area contributed by atoms with Gasteiger partial charge in [-0.15, -0.1) is 0 Å². The molecule has 3 aromatic rings. The Bertz CT molecular complexity index is 1250. The van der Waals surface area contributed by atoms with Crippen LogP contribution in [0.4, 0.5) is 16.2 Å². The SMILES string of the molecule is COc1ccccc1Oc1ccc(N2C(=O)NC3c4c2ccnc4SC3C(=O)O)c(C)c1. The van der Waals surface area contributed by atoms with Crippen LogP contribution >= 0.6 is 11.8 Å². The van der Waals surface area contributed by atoms with E-state index in [2.05, 4.69) is 10.3 Å². The van der Waals surface area contributed by atoms with E-state index in [1.165, 1.54) is 0 Å². The van der Waals surface area contributed by atoms with E-state index < -0.39 is 17.3 Å². The fraction of sp³-hybridized carbons (Fsp3) is 0.174. The van der Waals surface area contributed by atoms with Crippen molar-refractivity contribution in [1.29, 1.82) is 0 Å². The summed E-state index contributed by atoms with van der Waals surface area (Å²) in [6, 6.07) is 13.5. The van der Waals surface area contributed by atoms with Crippen LogP contribution in [0.2, 0.25) is 0 Å². The molecule has 2 aliphatic rings. The first-order valence-electron chi connectivity index (χ1n) is 9.88. The lowest BCUT2D eigenvalue weighted by Gasteiger charge is -2.34. The number of thioether (sulfide) groups is 1. The maximum absolute atomic E-state index is 13.1. The molecule has 0 spiro atoms. The van der Waals surface area contributed by atoms with Crippen molar-refractivity contribution >= 4 is 35.1 Å². The van der Waals surface area contributed by atoms with Crippen LogP contribution in [-0.4, -0.2) is 34.5 Å². The average Bonchev–Trinajstić information content (AvgIpc) is 3.15. The number of aromatic nitrogens is 1. The number of hydrogen-bond acceptors (Lipinski definition) is 6. The van der Waals surface area contributed by atoms with Gasteiger partial charge in [-0.2, -0.15) is 0 Å². The van der Waals surface area contributed by atoms with Crippen molar-refractivity contribution in [1.82, 2.24) is 10.3 Å². The maximum Gasteiger partial charge on any atom is 0.327 e. The monoisotopic (exact) mass is 449 g/mol. The number of para-hydroxylation sites is 2. The highest BCUT2D eigenvalue weighted by Crippen LogP contribution is 2.51. The number of aryl methyl sites for hydroxylation is 1. The zero-order valence-electron chi connectivity index (χ0n) is 17.2. The number of benzene rings is 2. The van der Waals surface area contributed by atoms with E-state index in [1.54, 1.807) is 30.3 Å². The van der Waals surface area contributed by atoms with Crippen molar-refractivity contribution in [3.8, 4) is 17.2 Å². The molecular weight excluding hydrogens is 430 g/mol. The van der Waals surface area contributed by atoms with Crippen LogP contribution in [0.1, 0.15) is 17.2 Å². The zero-order valence-corrected chi connectivity index (χ0v) is 18.1. The molecule has 0 radical (unpaired) electrons. The summed E-state index contributed by atoms with van der Waals surface area (Å²) >= 11 is 1.16. The third kappa shape index (κ3) is 3.21. The maximum atomic E-state index is 13.1. The van der Waals surface area contributed by atoms with E-state index in [0.29, 0.717) is 33.6 Å². The number of carbonyl (C=O) groups excluding carboxylic acids is 1. The predicted molar refractivity (Wildman–Crippen MR) is 119 cm³/mol. The third-order valence-corrected chi connectivity index (χ3v) is 6.73. The Hall–Kier alpha value is -3.72. The van der Waals surface area contributed by atoms with Gasteiger partial charge in [0, 0.05) is 11.8 Å². The number of rotatable bonds is 5. The summed E-state index contributed by atoms with van der Waals surface area (Å²) in [4.78, 5) is 30.6. The molecule has 2 aliphatic heterocycles. The smallest absolute Gasteiger partial charge is 0.327 e. The zero-order chi connectivity index (χ0) is 22.4. The Balaban J connectivity index is 1.51. The van der Waals surface area contributed by atoms with Gasteiger partial charge < -0.3 is 19.9 Å². The van der Waals surface area contributed by atoms with E-state index in [0.717, 1.165) is 22.9 Å². The van der Waals surface area contributed by atoms with Gasteiger partial charge in [-0.1, -0.05) is 23.9 Å². The number of ether oxygens (including phenoxy) is 2. The van der Waals surface area contributed by atoms with E-state index in [1.807, 2.05) is 43.3 Å². The number of carboxylic acids is 1. The Kier molecular flexibility index (Phi) is 4.90. The molecule has 2 N–H and O–H groups in total. The first kappa shape index (κ1) is 20.2. The van der Waals surface area contributed by atoms with Crippen LogP contribution < -0.4 is 19.7 Å². The number of amides is 2. The average molecular weight is 449 g/mol. The van der Waals surface area contributed by atoms with Gasteiger partial charge in [0.2, 0.25) is 0 Å². The predicted octanol–water partition coefficient (Wildman–Crippen LogP) is 4.65. The molecular formula is C23H19N3O5S. The number of nitrogens with zero attached hydrogens (tertiary/aromatic N) is 2. The number of methoxy groups -OCH3 is 1. The lowest BCUT2D eigenvalue weighted by atomic mass is 10.00. The van der Waals surface area contributed by atoms with Crippen molar-refractivity contribution in [3.63, 3.8) is 0 Å². The Morgan fingerprint density at radius 1 is 1.16 bits per heavy atom. The molecule has 0 bridgehead atoms. The molecule has 32 heavy (non-hydrogen) atoms. The summed E-state index contributed by atoms with van der Waals surface area (Å²) in [6.45, 7) is 1.89. The second-order valence-corrected chi connectivity index (χ2v) is 8.52. The summed E-state index contributed by atoms with van der Waals surface area (Å²) in [5, 5.41) is 12.2. The van der Waals surface area contributed by atoms with Crippen molar-refractivity contribution in [2.75, 3.05) is 12.0 Å². The number of carboxylic acid groups (broad SMARTS) is 1. The topological polar surface area (TPSA) is 101 Å². The highest BCUT2D eigenvalue weighted by atomic mass is 32.2. The van der Waals surface area contributed by atoms with Crippen LogP contribution in [0.25, 0.3) is 0 Å². The van der Waals surface area contributed by atoms with Gasteiger partial charge in [-0.25, -0.2) is 9.78 Å². The molecule has 2 unspecified atom stereocenters. The number of aliphatic carboxylic acids is 1. The Morgan fingerprint density at radius 3 is 2.66 bits per heavy atom. The van der Waals surface area contributed by atoms with Crippen molar-refractivity contribution < 1.29 is 24.2 Å². The number of pyridine rings is 1. The molecule has 2 atom stereocenters. The van der Waals surface area contributed by atoms with Gasteiger partial charge in [0.05, 0.1) is 24.5 Å². The lowest BCUT2D eigenvalue weighted by molar-refractivity contribution is -0.136. The normalized spacial score (nSPS) is 18.7. The molecule has 9 heteroatoms. The summed E-state index contributed by atoms with van der Waals surface area (Å²) < 4.78 is 11.3. The van der Waals surface area contributed by atoms with Crippen LogP contribution in [0.3, 0.4) is 0 Å². The minimum Gasteiger partial charge on any atom is -0.493 e. The van der Waals surface area contributed by atoms with Gasteiger partial charge >= 0.3 is 12.0 Å². The first-order chi connectivity index (χ1) is 15.5. The fourth-order valence-corrected chi connectivity index (χ4v) is 5.19. The number of nitrogens with one attached hydrogen (secondary N) is 1. The molecule has 2 amide bonds. The van der Waals surface area contributed by atoms with Gasteiger partial charge in [-0.05, 0) is 48.9 Å². The quantitative estimate of drug-likeness (QED) is 0.585. The summed E-state index contributed by atoms with van der Waals surface area (Å²) in [6.07, 6.45) is 1.60. The molecule has 2 aromatic carbocycles. The van der Waals surface area contributed by atoms with Gasteiger partial charge in [0.15, 0.2) is 11.5 Å². The van der Waals surface area contributed by atoms with E-state index in [9.17, 15) is 14.7 Å². The van der Waals surface area contributed by atoms with Crippen LogP contribution in [0.15, 0.2) is 59.8 Å². The molecule has 8 nitrogen and oxygen atoms in total. The molecule has 5 rings (SSSR count). The molecule has 0 fully saturated rings. The third-order valence-electron chi connectivity index (χ3n) is 5.46. The summed E-state index contributed by atoms with van der Waals surface area (Å²) in [5.74, 6) is 0.831. The van der Waals surface area contributed by atoms with Crippen LogP contribution in [-0.2, 0) is 4.79 Å².